The summed E-state index contributed by atoms with van der Waals surface area (Å²) in [5.41, 5.74) is 1.02. The molecule has 96 valence electrons. The summed E-state index contributed by atoms with van der Waals surface area (Å²) in [6, 6.07) is 7.02. The number of benzene rings is 1. The lowest BCUT2D eigenvalue weighted by molar-refractivity contribution is 0.170. The van der Waals surface area contributed by atoms with Gasteiger partial charge < -0.3 is 10.1 Å². The summed E-state index contributed by atoms with van der Waals surface area (Å²) in [5.74, 6) is 0.125. The van der Waals surface area contributed by atoms with Gasteiger partial charge >= 0.3 is 0 Å². The predicted octanol–water partition coefficient (Wildman–Crippen LogP) is 1.39. The fourth-order valence-corrected chi connectivity index (χ4v) is 2.47. The molecule has 0 aromatic heterocycles. The molecule has 1 unspecified atom stereocenters. The van der Waals surface area contributed by atoms with Crippen molar-refractivity contribution in [1.82, 2.24) is 5.32 Å². The normalized spacial score (nSPS) is 13.6. The minimum absolute atomic E-state index is 0.0818. The average Bonchev–Trinajstić information content (AvgIpc) is 2.36. The minimum Gasteiger partial charge on any atom is -0.383 e. The summed E-state index contributed by atoms with van der Waals surface area (Å²) in [4.78, 5) is 0.371. The summed E-state index contributed by atoms with van der Waals surface area (Å²) >= 11 is 0. The van der Waals surface area contributed by atoms with Crippen molar-refractivity contribution in [3.8, 4) is 0 Å². The van der Waals surface area contributed by atoms with E-state index in [-0.39, 0.29) is 11.8 Å². The van der Waals surface area contributed by atoms with Gasteiger partial charge in [0.25, 0.3) is 0 Å². The monoisotopic (exact) mass is 257 g/mol. The van der Waals surface area contributed by atoms with Crippen molar-refractivity contribution in [3.05, 3.63) is 29.8 Å². The largest absolute Gasteiger partial charge is 0.383 e. The van der Waals surface area contributed by atoms with E-state index < -0.39 is 9.84 Å². The smallest absolute Gasteiger partial charge is 0.178 e. The van der Waals surface area contributed by atoms with Gasteiger partial charge in [-0.05, 0) is 24.7 Å². The Hall–Kier alpha value is -0.910. The molecule has 0 spiro atoms. The van der Waals surface area contributed by atoms with E-state index >= 15 is 0 Å². The molecule has 4 nitrogen and oxygen atoms in total. The molecule has 0 radical (unpaired) electrons. The van der Waals surface area contributed by atoms with E-state index in [0.717, 1.165) is 5.56 Å². The number of nitrogens with one attached hydrogen (secondary N) is 1. The quantitative estimate of drug-likeness (QED) is 0.836. The number of rotatable bonds is 6. The molecule has 5 heteroatoms. The van der Waals surface area contributed by atoms with Crippen LogP contribution < -0.4 is 5.32 Å². The van der Waals surface area contributed by atoms with Crippen LogP contribution in [0.15, 0.2) is 29.2 Å². The second-order valence-corrected chi connectivity index (χ2v) is 6.05. The Morgan fingerprint density at radius 3 is 2.29 bits per heavy atom. The van der Waals surface area contributed by atoms with Crippen LogP contribution in [0.2, 0.25) is 0 Å². The van der Waals surface area contributed by atoms with Gasteiger partial charge in [0.15, 0.2) is 9.84 Å². The number of likely N-dealkylation sites (N-methyl/N-ethyl adjacent to an activating group) is 1. The van der Waals surface area contributed by atoms with Crippen LogP contribution in [0.4, 0.5) is 0 Å². The third-order valence-corrected chi connectivity index (χ3v) is 4.45. The maximum atomic E-state index is 11.6. The zero-order valence-electron chi connectivity index (χ0n) is 10.4. The summed E-state index contributed by atoms with van der Waals surface area (Å²) in [6.45, 7) is 2.20. The highest BCUT2D eigenvalue weighted by Crippen LogP contribution is 2.17. The van der Waals surface area contributed by atoms with Gasteiger partial charge in [-0.15, -0.1) is 0 Å². The van der Waals surface area contributed by atoms with Crippen molar-refractivity contribution in [3.63, 3.8) is 0 Å². The lowest BCUT2D eigenvalue weighted by Crippen LogP contribution is -2.21. The Bertz CT molecular complexity index is 439. The highest BCUT2D eigenvalue weighted by molar-refractivity contribution is 7.91. The minimum atomic E-state index is -3.11. The van der Waals surface area contributed by atoms with E-state index in [4.69, 9.17) is 4.74 Å². The van der Waals surface area contributed by atoms with Gasteiger partial charge in [0.05, 0.1) is 23.3 Å². The van der Waals surface area contributed by atoms with Crippen LogP contribution >= 0.6 is 0 Å². The first-order chi connectivity index (χ1) is 8.05. The van der Waals surface area contributed by atoms with E-state index in [2.05, 4.69) is 5.32 Å². The number of sulfone groups is 1. The standard InChI is InChI=1S/C12H19NO3S/c1-4-17(14,15)11-7-5-10(6-8-11)12(13-2)9-16-3/h5-8,12-13H,4,9H2,1-3H3. The zero-order valence-corrected chi connectivity index (χ0v) is 11.3. The van der Waals surface area contributed by atoms with Gasteiger partial charge in [0, 0.05) is 7.11 Å². The third-order valence-electron chi connectivity index (χ3n) is 2.70. The van der Waals surface area contributed by atoms with Crippen LogP contribution in [0.3, 0.4) is 0 Å². The maximum absolute atomic E-state index is 11.6. The summed E-state index contributed by atoms with van der Waals surface area (Å²) in [6.07, 6.45) is 0. The van der Waals surface area contributed by atoms with Crippen LogP contribution in [-0.2, 0) is 14.6 Å². The van der Waals surface area contributed by atoms with Crippen molar-refractivity contribution in [1.29, 1.82) is 0 Å². The molecule has 1 aromatic rings. The zero-order chi connectivity index (χ0) is 12.9. The third kappa shape index (κ3) is 3.52. The van der Waals surface area contributed by atoms with Crippen LogP contribution in [0.5, 0.6) is 0 Å². The van der Waals surface area contributed by atoms with Crippen LogP contribution in [0.25, 0.3) is 0 Å². The molecule has 0 saturated heterocycles. The molecule has 0 aliphatic rings. The Morgan fingerprint density at radius 2 is 1.88 bits per heavy atom. The first-order valence-electron chi connectivity index (χ1n) is 5.54. The predicted molar refractivity (Wildman–Crippen MR) is 67.8 cm³/mol. The summed E-state index contributed by atoms with van der Waals surface area (Å²) in [7, 11) is 0.375. The van der Waals surface area contributed by atoms with Crippen molar-refractivity contribution in [2.24, 2.45) is 0 Å². The molecule has 17 heavy (non-hydrogen) atoms. The Balaban J connectivity index is 2.95. The highest BCUT2D eigenvalue weighted by atomic mass is 32.2. The molecule has 1 rings (SSSR count). The first kappa shape index (κ1) is 14.2. The van der Waals surface area contributed by atoms with Crippen molar-refractivity contribution >= 4 is 9.84 Å². The van der Waals surface area contributed by atoms with Gasteiger partial charge in [0.1, 0.15) is 0 Å². The van der Waals surface area contributed by atoms with Crippen LogP contribution in [0.1, 0.15) is 18.5 Å². The molecule has 0 heterocycles. The molecular weight excluding hydrogens is 238 g/mol. The van der Waals surface area contributed by atoms with Crippen molar-refractivity contribution in [2.75, 3.05) is 26.5 Å². The Morgan fingerprint density at radius 1 is 1.29 bits per heavy atom. The number of hydrogen-bond acceptors (Lipinski definition) is 4. The van der Waals surface area contributed by atoms with E-state index in [9.17, 15) is 8.42 Å². The molecule has 0 saturated carbocycles. The molecule has 1 N–H and O–H groups in total. The summed E-state index contributed by atoms with van der Waals surface area (Å²) < 4.78 is 28.4. The lowest BCUT2D eigenvalue weighted by Gasteiger charge is -2.15. The average molecular weight is 257 g/mol. The van der Waals surface area contributed by atoms with Gasteiger partial charge in [0.2, 0.25) is 0 Å². The number of methoxy groups -OCH3 is 1. The topological polar surface area (TPSA) is 55.4 Å². The molecule has 0 bridgehead atoms. The SMILES string of the molecule is CCS(=O)(=O)c1ccc(C(COC)NC)cc1. The second kappa shape index (κ2) is 6.14. The van der Waals surface area contributed by atoms with Crippen molar-refractivity contribution in [2.45, 2.75) is 17.9 Å². The number of hydrogen-bond donors (Lipinski definition) is 1. The molecule has 0 fully saturated rings. The van der Waals surface area contributed by atoms with Crippen molar-refractivity contribution < 1.29 is 13.2 Å². The van der Waals surface area contributed by atoms with Crippen LogP contribution in [0, 0.1) is 0 Å². The van der Waals surface area contributed by atoms with Gasteiger partial charge in [-0.2, -0.15) is 0 Å². The van der Waals surface area contributed by atoms with E-state index in [1.54, 1.807) is 26.2 Å². The first-order valence-corrected chi connectivity index (χ1v) is 7.19. The molecule has 0 aliphatic heterocycles. The van der Waals surface area contributed by atoms with Gasteiger partial charge in [-0.1, -0.05) is 19.1 Å². The van der Waals surface area contributed by atoms with E-state index in [0.29, 0.717) is 11.5 Å². The molecule has 0 amide bonds. The van der Waals surface area contributed by atoms with Crippen LogP contribution in [-0.4, -0.2) is 34.9 Å². The molecule has 1 aromatic carbocycles. The highest BCUT2D eigenvalue weighted by Gasteiger charge is 2.13. The maximum Gasteiger partial charge on any atom is 0.178 e. The Kier molecular flexibility index (Phi) is 5.11. The molecule has 1 atom stereocenters. The number of ether oxygens (including phenoxy) is 1. The second-order valence-electron chi connectivity index (χ2n) is 3.77. The molecular formula is C12H19NO3S. The summed E-state index contributed by atoms with van der Waals surface area (Å²) in [5, 5.41) is 3.12. The van der Waals surface area contributed by atoms with Gasteiger partial charge in [-0.3, -0.25) is 0 Å². The van der Waals surface area contributed by atoms with E-state index in [1.165, 1.54) is 0 Å². The van der Waals surface area contributed by atoms with E-state index in [1.807, 2.05) is 19.2 Å². The fraction of sp³-hybridized carbons (Fsp3) is 0.500. The molecule has 0 aliphatic carbocycles. The fourth-order valence-electron chi connectivity index (χ4n) is 1.59. The lowest BCUT2D eigenvalue weighted by atomic mass is 10.1. The Labute approximate surface area is 103 Å². The van der Waals surface area contributed by atoms with Gasteiger partial charge in [-0.25, -0.2) is 8.42 Å².